The van der Waals surface area contributed by atoms with Crippen LogP contribution in [0.4, 0.5) is 11.8 Å². The van der Waals surface area contributed by atoms with Crippen LogP contribution in [0.15, 0.2) is 11.4 Å². The Kier molecular flexibility index (Phi) is 3.29. The number of nitrogens with one attached hydrogen (secondary N) is 1. The summed E-state index contributed by atoms with van der Waals surface area (Å²) in [6.07, 6.45) is 2.66. The lowest BCUT2D eigenvalue weighted by Gasteiger charge is -2.15. The first-order valence-corrected chi connectivity index (χ1v) is 7.18. The first kappa shape index (κ1) is 11.7. The second-order valence-corrected chi connectivity index (χ2v) is 5.44. The van der Waals surface area contributed by atoms with Crippen molar-refractivity contribution in [3.05, 3.63) is 11.4 Å². The summed E-state index contributed by atoms with van der Waals surface area (Å²) >= 11 is 1.59. The van der Waals surface area contributed by atoms with Crippen LogP contribution in [-0.4, -0.2) is 41.0 Å². The number of fused-ring (bicyclic) bond motifs is 1. The van der Waals surface area contributed by atoms with Gasteiger partial charge in [-0.25, -0.2) is 4.98 Å². The number of likely N-dealkylation sites (tertiary alicyclic amines) is 1. The Morgan fingerprint density at radius 1 is 1.33 bits per heavy atom. The van der Waals surface area contributed by atoms with Gasteiger partial charge < -0.3 is 16.0 Å². The molecule has 0 aliphatic carbocycles. The highest BCUT2D eigenvalue weighted by Gasteiger charge is 2.11. The van der Waals surface area contributed by atoms with E-state index in [0.29, 0.717) is 5.95 Å². The fourth-order valence-corrected chi connectivity index (χ4v) is 3.12. The van der Waals surface area contributed by atoms with Gasteiger partial charge in [-0.05, 0) is 37.4 Å². The van der Waals surface area contributed by atoms with Crippen molar-refractivity contribution in [1.82, 2.24) is 14.9 Å². The van der Waals surface area contributed by atoms with E-state index in [1.54, 1.807) is 11.3 Å². The third-order valence-electron chi connectivity index (χ3n) is 3.26. The molecule has 1 saturated heterocycles. The van der Waals surface area contributed by atoms with Gasteiger partial charge in [-0.3, -0.25) is 0 Å². The Bertz CT molecular complexity index is 532. The predicted molar refractivity (Wildman–Crippen MR) is 76.0 cm³/mol. The normalized spacial score (nSPS) is 16.4. The molecule has 0 bridgehead atoms. The molecule has 1 fully saturated rings. The molecule has 0 saturated carbocycles. The lowest BCUT2D eigenvalue weighted by molar-refractivity contribution is 0.352. The van der Waals surface area contributed by atoms with Crippen molar-refractivity contribution in [2.45, 2.75) is 12.8 Å². The van der Waals surface area contributed by atoms with E-state index in [4.69, 9.17) is 5.73 Å². The summed E-state index contributed by atoms with van der Waals surface area (Å²) in [5.41, 5.74) is 5.71. The van der Waals surface area contributed by atoms with Crippen LogP contribution in [0, 0.1) is 0 Å². The van der Waals surface area contributed by atoms with Crippen molar-refractivity contribution in [3.63, 3.8) is 0 Å². The van der Waals surface area contributed by atoms with E-state index in [1.165, 1.54) is 25.9 Å². The molecule has 18 heavy (non-hydrogen) atoms. The highest BCUT2D eigenvalue weighted by molar-refractivity contribution is 7.16. The van der Waals surface area contributed by atoms with Crippen molar-refractivity contribution in [2.75, 3.05) is 37.2 Å². The van der Waals surface area contributed by atoms with E-state index in [0.717, 1.165) is 29.1 Å². The summed E-state index contributed by atoms with van der Waals surface area (Å²) in [5.74, 6) is 1.20. The van der Waals surface area contributed by atoms with Gasteiger partial charge >= 0.3 is 0 Å². The van der Waals surface area contributed by atoms with Crippen molar-refractivity contribution < 1.29 is 0 Å². The molecule has 0 amide bonds. The molecule has 3 rings (SSSR count). The van der Waals surface area contributed by atoms with Crippen LogP contribution in [-0.2, 0) is 0 Å². The number of hydrogen-bond acceptors (Lipinski definition) is 6. The Morgan fingerprint density at radius 3 is 3.00 bits per heavy atom. The molecule has 1 aliphatic heterocycles. The van der Waals surface area contributed by atoms with Gasteiger partial charge in [0, 0.05) is 13.1 Å². The maximum Gasteiger partial charge on any atom is 0.223 e. The second kappa shape index (κ2) is 5.07. The molecule has 0 aromatic carbocycles. The lowest BCUT2D eigenvalue weighted by atomic mass is 10.3. The van der Waals surface area contributed by atoms with Gasteiger partial charge in [-0.15, -0.1) is 11.3 Å². The fraction of sp³-hybridized carbons (Fsp3) is 0.500. The molecule has 96 valence electrons. The number of thiophene rings is 1. The number of anilines is 2. The van der Waals surface area contributed by atoms with E-state index >= 15 is 0 Å². The number of hydrogen-bond donors (Lipinski definition) is 2. The van der Waals surface area contributed by atoms with E-state index in [-0.39, 0.29) is 0 Å². The standard InChI is InChI=1S/C12H17N5S/c13-12-15-10(9-3-8-18-11(9)16-12)14-4-7-17-5-1-2-6-17/h3,8H,1-2,4-7H2,(H3,13,14,15,16). The molecular formula is C12H17N5S. The quantitative estimate of drug-likeness (QED) is 0.880. The maximum absolute atomic E-state index is 5.71. The zero-order valence-electron chi connectivity index (χ0n) is 10.2. The summed E-state index contributed by atoms with van der Waals surface area (Å²) in [6.45, 7) is 4.42. The summed E-state index contributed by atoms with van der Waals surface area (Å²) < 4.78 is 0. The minimum absolute atomic E-state index is 0.341. The Hall–Kier alpha value is -1.40. The van der Waals surface area contributed by atoms with E-state index in [1.807, 2.05) is 11.4 Å². The third kappa shape index (κ3) is 2.39. The zero-order valence-corrected chi connectivity index (χ0v) is 11.0. The molecule has 2 aromatic heterocycles. The van der Waals surface area contributed by atoms with E-state index in [9.17, 15) is 0 Å². The largest absolute Gasteiger partial charge is 0.368 e. The highest BCUT2D eigenvalue weighted by Crippen LogP contribution is 2.25. The monoisotopic (exact) mass is 263 g/mol. The topological polar surface area (TPSA) is 67.1 Å². The van der Waals surface area contributed by atoms with Gasteiger partial charge in [-0.1, -0.05) is 0 Å². The molecule has 5 nitrogen and oxygen atoms in total. The van der Waals surface area contributed by atoms with Gasteiger partial charge in [0.25, 0.3) is 0 Å². The van der Waals surface area contributed by atoms with Crippen LogP contribution >= 0.6 is 11.3 Å². The van der Waals surface area contributed by atoms with E-state index in [2.05, 4.69) is 20.2 Å². The van der Waals surface area contributed by atoms with Crippen LogP contribution in [0.25, 0.3) is 10.2 Å². The molecule has 0 spiro atoms. The Labute approximate surface area is 110 Å². The number of nitrogens with two attached hydrogens (primary N) is 1. The first-order valence-electron chi connectivity index (χ1n) is 6.30. The van der Waals surface area contributed by atoms with Crippen molar-refractivity contribution in [1.29, 1.82) is 0 Å². The van der Waals surface area contributed by atoms with Gasteiger partial charge in [-0.2, -0.15) is 4.98 Å². The van der Waals surface area contributed by atoms with Crippen molar-refractivity contribution in [2.24, 2.45) is 0 Å². The zero-order chi connectivity index (χ0) is 12.4. The highest BCUT2D eigenvalue weighted by atomic mass is 32.1. The molecule has 2 aromatic rings. The van der Waals surface area contributed by atoms with Crippen molar-refractivity contribution in [3.8, 4) is 0 Å². The van der Waals surface area contributed by atoms with Crippen molar-refractivity contribution >= 4 is 33.3 Å². The number of nitrogen functional groups attached to an aromatic ring is 1. The van der Waals surface area contributed by atoms with Crippen LogP contribution < -0.4 is 11.1 Å². The molecule has 3 heterocycles. The Balaban J connectivity index is 1.67. The first-order chi connectivity index (χ1) is 8.83. The maximum atomic E-state index is 5.71. The fourth-order valence-electron chi connectivity index (χ4n) is 2.35. The third-order valence-corrected chi connectivity index (χ3v) is 4.07. The SMILES string of the molecule is Nc1nc(NCCN2CCCC2)c2ccsc2n1. The summed E-state index contributed by atoms with van der Waals surface area (Å²) in [7, 11) is 0. The lowest BCUT2D eigenvalue weighted by Crippen LogP contribution is -2.26. The molecule has 1 aliphatic rings. The second-order valence-electron chi connectivity index (χ2n) is 4.55. The molecule has 0 radical (unpaired) electrons. The van der Waals surface area contributed by atoms with Crippen LogP contribution in [0.2, 0.25) is 0 Å². The number of aromatic nitrogens is 2. The smallest absolute Gasteiger partial charge is 0.223 e. The molecular weight excluding hydrogens is 246 g/mol. The van der Waals surface area contributed by atoms with E-state index < -0.39 is 0 Å². The summed E-state index contributed by atoms with van der Waals surface area (Å²) in [4.78, 5) is 11.9. The average Bonchev–Trinajstić information content (AvgIpc) is 2.98. The molecule has 0 atom stereocenters. The summed E-state index contributed by atoms with van der Waals surface area (Å²) in [6, 6.07) is 2.04. The Morgan fingerprint density at radius 2 is 2.17 bits per heavy atom. The number of rotatable bonds is 4. The van der Waals surface area contributed by atoms with Gasteiger partial charge in [0.1, 0.15) is 10.6 Å². The minimum atomic E-state index is 0.341. The molecule has 0 unspecified atom stereocenters. The van der Waals surface area contributed by atoms with Crippen LogP contribution in [0.1, 0.15) is 12.8 Å². The van der Waals surface area contributed by atoms with Gasteiger partial charge in [0.15, 0.2) is 0 Å². The van der Waals surface area contributed by atoms with Crippen LogP contribution in [0.3, 0.4) is 0 Å². The predicted octanol–water partition coefficient (Wildman–Crippen LogP) is 1.78. The summed E-state index contributed by atoms with van der Waals surface area (Å²) in [5, 5.41) is 6.46. The molecule has 3 N–H and O–H groups in total. The van der Waals surface area contributed by atoms with Gasteiger partial charge in [0.05, 0.1) is 5.39 Å². The van der Waals surface area contributed by atoms with Crippen LogP contribution in [0.5, 0.6) is 0 Å². The molecule has 6 heteroatoms. The minimum Gasteiger partial charge on any atom is -0.368 e. The number of nitrogens with zero attached hydrogens (tertiary/aromatic N) is 3. The van der Waals surface area contributed by atoms with Gasteiger partial charge in [0.2, 0.25) is 5.95 Å². The average molecular weight is 263 g/mol.